The molecule has 5 rings (SSSR count). The molecule has 5 heterocycles. The number of piperidine rings is 1. The van der Waals surface area contributed by atoms with Crippen molar-refractivity contribution in [3.8, 4) is 5.88 Å². The summed E-state index contributed by atoms with van der Waals surface area (Å²) in [4.78, 5) is 33.5. The number of likely N-dealkylation sites (tertiary alicyclic amines) is 2. The van der Waals surface area contributed by atoms with Crippen LogP contribution in [0.4, 0.5) is 0 Å². The summed E-state index contributed by atoms with van der Waals surface area (Å²) in [5, 5.41) is 9.67. The topological polar surface area (TPSA) is 85.9 Å². The Balaban J connectivity index is 1.11. The molecular weight excluding hydrogens is 434 g/mol. The van der Waals surface area contributed by atoms with Crippen LogP contribution in [0.5, 0.6) is 5.88 Å². The SMILES string of the molecule is CCc1cc2c(s1)CCOC21CCN(CC2CN(C(=O)Cc3sc(=O)[nH]c3O)C2)CC1. The van der Waals surface area contributed by atoms with Crippen LogP contribution in [0.25, 0.3) is 0 Å². The van der Waals surface area contributed by atoms with Gasteiger partial charge in [0, 0.05) is 54.8 Å². The van der Waals surface area contributed by atoms with Gasteiger partial charge >= 0.3 is 4.87 Å². The molecule has 168 valence electrons. The quantitative estimate of drug-likeness (QED) is 0.711. The number of fused-ring (bicyclic) bond motifs is 2. The highest BCUT2D eigenvalue weighted by atomic mass is 32.1. The minimum atomic E-state index is -0.327. The highest BCUT2D eigenvalue weighted by Gasteiger charge is 2.42. The summed E-state index contributed by atoms with van der Waals surface area (Å²) >= 11 is 2.87. The molecule has 1 amide bonds. The zero-order valence-corrected chi connectivity index (χ0v) is 19.4. The number of carbonyl (C=O) groups excluding carboxylic acids is 1. The first-order valence-electron chi connectivity index (χ1n) is 11.1. The van der Waals surface area contributed by atoms with E-state index in [1.54, 1.807) is 0 Å². The Labute approximate surface area is 189 Å². The zero-order chi connectivity index (χ0) is 21.6. The van der Waals surface area contributed by atoms with Gasteiger partial charge in [0.15, 0.2) is 0 Å². The van der Waals surface area contributed by atoms with Crippen LogP contribution in [-0.4, -0.2) is 65.1 Å². The molecule has 9 heteroatoms. The van der Waals surface area contributed by atoms with E-state index in [2.05, 4.69) is 22.9 Å². The Morgan fingerprint density at radius 2 is 2.10 bits per heavy atom. The van der Waals surface area contributed by atoms with Crippen molar-refractivity contribution in [2.45, 2.75) is 44.6 Å². The van der Waals surface area contributed by atoms with E-state index in [9.17, 15) is 14.7 Å². The van der Waals surface area contributed by atoms with Gasteiger partial charge in [-0.1, -0.05) is 18.3 Å². The van der Waals surface area contributed by atoms with Gasteiger partial charge in [0.1, 0.15) is 0 Å². The first-order valence-corrected chi connectivity index (χ1v) is 12.8. The molecule has 2 N–H and O–H groups in total. The lowest BCUT2D eigenvalue weighted by atomic mass is 9.82. The number of ether oxygens (including phenoxy) is 1. The average molecular weight is 464 g/mol. The Morgan fingerprint density at radius 3 is 2.77 bits per heavy atom. The van der Waals surface area contributed by atoms with E-state index in [4.69, 9.17) is 4.74 Å². The Kier molecular flexibility index (Phi) is 5.70. The summed E-state index contributed by atoms with van der Waals surface area (Å²) in [5.74, 6) is 0.298. The maximum Gasteiger partial charge on any atom is 0.307 e. The van der Waals surface area contributed by atoms with E-state index in [-0.39, 0.29) is 28.7 Å². The highest BCUT2D eigenvalue weighted by Crippen LogP contribution is 2.44. The summed E-state index contributed by atoms with van der Waals surface area (Å²) in [5.41, 5.74) is 1.37. The first kappa shape index (κ1) is 21.2. The fourth-order valence-electron chi connectivity index (χ4n) is 5.13. The van der Waals surface area contributed by atoms with Crippen molar-refractivity contribution >= 4 is 28.6 Å². The number of amides is 1. The van der Waals surface area contributed by atoms with Crippen LogP contribution >= 0.6 is 22.7 Å². The van der Waals surface area contributed by atoms with E-state index >= 15 is 0 Å². The van der Waals surface area contributed by atoms with Crippen molar-refractivity contribution in [2.75, 3.05) is 39.3 Å². The summed E-state index contributed by atoms with van der Waals surface area (Å²) < 4.78 is 6.38. The number of hydrogen-bond acceptors (Lipinski definition) is 7. The van der Waals surface area contributed by atoms with E-state index in [0.29, 0.717) is 10.8 Å². The van der Waals surface area contributed by atoms with E-state index in [1.165, 1.54) is 15.3 Å². The number of H-pyrrole nitrogens is 1. The van der Waals surface area contributed by atoms with Gasteiger partial charge < -0.3 is 19.6 Å². The number of aromatic amines is 1. The van der Waals surface area contributed by atoms with Crippen LogP contribution in [0, 0.1) is 5.92 Å². The van der Waals surface area contributed by atoms with Crippen molar-refractivity contribution < 1.29 is 14.6 Å². The fraction of sp³-hybridized carbons (Fsp3) is 0.636. The number of aromatic nitrogens is 1. The number of rotatable bonds is 5. The number of aryl methyl sites for hydroxylation is 1. The highest BCUT2D eigenvalue weighted by molar-refractivity contribution is 7.12. The Hall–Kier alpha value is -1.68. The molecule has 2 aromatic heterocycles. The molecule has 0 bridgehead atoms. The maximum atomic E-state index is 12.4. The lowest BCUT2D eigenvalue weighted by Crippen LogP contribution is -2.56. The number of nitrogens with one attached hydrogen (secondary N) is 1. The van der Waals surface area contributed by atoms with Gasteiger partial charge in [0.2, 0.25) is 11.8 Å². The lowest BCUT2D eigenvalue weighted by molar-refractivity contribution is -0.138. The number of hydrogen-bond donors (Lipinski definition) is 2. The predicted molar refractivity (Wildman–Crippen MR) is 121 cm³/mol. The molecule has 0 radical (unpaired) electrons. The largest absolute Gasteiger partial charge is 0.494 e. The van der Waals surface area contributed by atoms with Crippen LogP contribution in [0.1, 0.15) is 40.0 Å². The molecule has 0 aliphatic carbocycles. The summed E-state index contributed by atoms with van der Waals surface area (Å²) in [6.45, 7) is 7.65. The van der Waals surface area contributed by atoms with Gasteiger partial charge in [0.25, 0.3) is 0 Å². The van der Waals surface area contributed by atoms with Gasteiger partial charge in [-0.15, -0.1) is 11.3 Å². The number of carbonyl (C=O) groups is 1. The third-order valence-corrected chi connectivity index (χ3v) is 9.12. The van der Waals surface area contributed by atoms with E-state index < -0.39 is 0 Å². The molecule has 0 unspecified atom stereocenters. The van der Waals surface area contributed by atoms with Crippen LogP contribution in [0.2, 0.25) is 0 Å². The van der Waals surface area contributed by atoms with Crippen LogP contribution < -0.4 is 4.87 Å². The monoisotopic (exact) mass is 463 g/mol. The summed E-state index contributed by atoms with van der Waals surface area (Å²) in [7, 11) is 0. The van der Waals surface area contributed by atoms with Crippen LogP contribution in [0.3, 0.4) is 0 Å². The second-order valence-corrected chi connectivity index (χ2v) is 11.2. The van der Waals surface area contributed by atoms with Crippen LogP contribution in [-0.2, 0) is 34.4 Å². The number of thiophene rings is 1. The molecule has 2 fully saturated rings. The number of thiazole rings is 1. The standard InChI is InChI=1S/C22H29N3O4S2/c1-2-15-9-16-17(30-15)3-8-29-22(16)4-6-24(7-5-22)11-14-12-25(13-14)19(26)10-18-20(27)23-21(28)31-18/h9,14,27H,2-8,10-13H2,1H3,(H,23,28). The molecule has 2 aromatic rings. The Bertz CT molecular complexity index is 1010. The van der Waals surface area contributed by atoms with Gasteiger partial charge in [-0.3, -0.25) is 14.6 Å². The predicted octanol–water partition coefficient (Wildman–Crippen LogP) is 2.33. The third-order valence-electron chi connectivity index (χ3n) is 6.91. The van der Waals surface area contributed by atoms with E-state index in [0.717, 1.165) is 76.4 Å². The second kappa shape index (κ2) is 8.35. The first-order chi connectivity index (χ1) is 15.0. The maximum absolute atomic E-state index is 12.4. The van der Waals surface area contributed by atoms with Gasteiger partial charge in [-0.05, 0) is 30.9 Å². The normalized spacial score (nSPS) is 21.3. The molecule has 0 aromatic carbocycles. The van der Waals surface area contributed by atoms with Gasteiger partial charge in [0.05, 0.1) is 23.5 Å². The molecule has 2 saturated heterocycles. The number of nitrogens with zero attached hydrogens (tertiary/aromatic N) is 2. The molecule has 3 aliphatic rings. The fourth-order valence-corrected chi connectivity index (χ4v) is 7.02. The molecule has 0 atom stereocenters. The summed E-state index contributed by atoms with van der Waals surface area (Å²) in [6, 6.07) is 2.39. The molecule has 7 nitrogen and oxygen atoms in total. The molecular formula is C22H29N3O4S2. The summed E-state index contributed by atoms with van der Waals surface area (Å²) in [6.07, 6.45) is 4.32. The third kappa shape index (κ3) is 4.08. The number of aromatic hydroxyl groups is 1. The second-order valence-electron chi connectivity index (χ2n) is 8.92. The minimum Gasteiger partial charge on any atom is -0.494 e. The zero-order valence-electron chi connectivity index (χ0n) is 17.8. The molecule has 0 saturated carbocycles. The van der Waals surface area contributed by atoms with Crippen molar-refractivity contribution in [2.24, 2.45) is 5.92 Å². The molecule has 31 heavy (non-hydrogen) atoms. The van der Waals surface area contributed by atoms with Crippen molar-refractivity contribution in [3.05, 3.63) is 35.9 Å². The van der Waals surface area contributed by atoms with Crippen LogP contribution in [0.15, 0.2) is 10.9 Å². The van der Waals surface area contributed by atoms with E-state index in [1.807, 2.05) is 16.2 Å². The molecule has 1 spiro atoms. The van der Waals surface area contributed by atoms with Gasteiger partial charge in [-0.25, -0.2) is 0 Å². The average Bonchev–Trinajstić information content (AvgIpc) is 3.29. The smallest absolute Gasteiger partial charge is 0.307 e. The minimum absolute atomic E-state index is 0.0216. The van der Waals surface area contributed by atoms with Gasteiger partial charge in [-0.2, -0.15) is 0 Å². The lowest BCUT2D eigenvalue weighted by Gasteiger charge is -2.47. The molecule has 3 aliphatic heterocycles. The van der Waals surface area contributed by atoms with Crippen molar-refractivity contribution in [1.82, 2.24) is 14.8 Å². The van der Waals surface area contributed by atoms with Crippen molar-refractivity contribution in [1.29, 1.82) is 0 Å². The Morgan fingerprint density at radius 1 is 1.32 bits per heavy atom. The van der Waals surface area contributed by atoms with Crippen molar-refractivity contribution in [3.63, 3.8) is 0 Å².